The second-order valence-corrected chi connectivity index (χ2v) is 5.34. The van der Waals surface area contributed by atoms with Crippen molar-refractivity contribution in [3.8, 4) is 0 Å². The number of carbonyl (C=O) groups excluding carboxylic acids is 1. The number of rotatable bonds is 6. The van der Waals surface area contributed by atoms with Crippen molar-refractivity contribution in [1.29, 1.82) is 0 Å². The first-order valence-electron chi connectivity index (χ1n) is 7.32. The van der Waals surface area contributed by atoms with E-state index in [-0.39, 0.29) is 5.97 Å². The van der Waals surface area contributed by atoms with Gasteiger partial charge in [-0.05, 0) is 37.5 Å². The summed E-state index contributed by atoms with van der Waals surface area (Å²) in [6, 6.07) is 6.33. The highest BCUT2D eigenvalue weighted by atomic mass is 16.5. The van der Waals surface area contributed by atoms with E-state index in [1.807, 2.05) is 0 Å². The maximum atomic E-state index is 11.7. The highest BCUT2D eigenvalue weighted by Gasteiger charge is 2.15. The van der Waals surface area contributed by atoms with E-state index in [0.29, 0.717) is 6.42 Å². The fourth-order valence-corrected chi connectivity index (χ4v) is 2.60. The molecule has 0 radical (unpaired) electrons. The van der Waals surface area contributed by atoms with Crippen LogP contribution in [-0.2, 0) is 22.4 Å². The Morgan fingerprint density at radius 3 is 2.80 bits per heavy atom. The smallest absolute Gasteiger partial charge is 0.310 e. The van der Waals surface area contributed by atoms with Gasteiger partial charge in [-0.3, -0.25) is 4.79 Å². The molecule has 2 rings (SSSR count). The molecule has 2 aromatic rings. The maximum Gasteiger partial charge on any atom is 0.310 e. The summed E-state index contributed by atoms with van der Waals surface area (Å²) in [4.78, 5) is 15.1. The molecule has 0 unspecified atom stereocenters. The molecule has 20 heavy (non-hydrogen) atoms. The fraction of sp³-hybridized carbons (Fsp3) is 0.471. The third-order valence-electron chi connectivity index (χ3n) is 3.73. The fourth-order valence-electron chi connectivity index (χ4n) is 2.60. The van der Waals surface area contributed by atoms with Crippen LogP contribution in [0.15, 0.2) is 18.2 Å². The Labute approximate surface area is 120 Å². The van der Waals surface area contributed by atoms with Crippen molar-refractivity contribution in [1.82, 2.24) is 4.98 Å². The van der Waals surface area contributed by atoms with E-state index >= 15 is 0 Å². The lowest BCUT2D eigenvalue weighted by atomic mass is 10.0. The second kappa shape index (κ2) is 6.60. The average molecular weight is 273 g/mol. The van der Waals surface area contributed by atoms with Gasteiger partial charge in [0.15, 0.2) is 0 Å². The zero-order chi connectivity index (χ0) is 14.5. The van der Waals surface area contributed by atoms with Crippen molar-refractivity contribution in [3.05, 3.63) is 35.0 Å². The van der Waals surface area contributed by atoms with Crippen LogP contribution in [0.2, 0.25) is 0 Å². The number of nitrogens with one attached hydrogen (secondary N) is 1. The molecule has 0 fully saturated rings. The Hall–Kier alpha value is -1.77. The van der Waals surface area contributed by atoms with Crippen molar-refractivity contribution in [2.24, 2.45) is 0 Å². The number of hydrogen-bond acceptors (Lipinski definition) is 2. The Morgan fingerprint density at radius 2 is 2.10 bits per heavy atom. The number of H-pyrrole nitrogens is 1. The number of ether oxygens (including phenoxy) is 1. The van der Waals surface area contributed by atoms with E-state index in [9.17, 15) is 4.79 Å². The van der Waals surface area contributed by atoms with Gasteiger partial charge >= 0.3 is 5.97 Å². The van der Waals surface area contributed by atoms with Crippen molar-refractivity contribution >= 4 is 16.9 Å². The third-order valence-corrected chi connectivity index (χ3v) is 3.73. The van der Waals surface area contributed by atoms with Crippen LogP contribution in [0.3, 0.4) is 0 Å². The van der Waals surface area contributed by atoms with Crippen molar-refractivity contribution in [2.75, 3.05) is 7.11 Å². The molecule has 1 aromatic heterocycles. The summed E-state index contributed by atoms with van der Waals surface area (Å²) in [5.74, 6) is -0.177. The highest BCUT2D eigenvalue weighted by Crippen LogP contribution is 2.26. The van der Waals surface area contributed by atoms with Gasteiger partial charge in [0, 0.05) is 16.6 Å². The summed E-state index contributed by atoms with van der Waals surface area (Å²) in [6.45, 7) is 4.27. The van der Waals surface area contributed by atoms with Gasteiger partial charge in [-0.25, -0.2) is 0 Å². The maximum absolute atomic E-state index is 11.7. The Morgan fingerprint density at radius 1 is 1.30 bits per heavy atom. The van der Waals surface area contributed by atoms with E-state index in [0.717, 1.165) is 29.3 Å². The first-order valence-corrected chi connectivity index (χ1v) is 7.32. The first kappa shape index (κ1) is 14.6. The first-order chi connectivity index (χ1) is 9.65. The molecular weight excluding hydrogens is 250 g/mol. The Balaban J connectivity index is 2.37. The standard InChI is InChI=1S/C17H23NO2/c1-4-5-6-7-15-14(11-17(19)20-3)13-10-12(2)8-9-16(13)18-15/h8-10,18H,4-7,11H2,1-3H3. The Bertz CT molecular complexity index is 598. The van der Waals surface area contributed by atoms with Gasteiger partial charge < -0.3 is 9.72 Å². The number of aromatic amines is 1. The minimum atomic E-state index is -0.177. The molecule has 1 N–H and O–H groups in total. The number of carbonyl (C=O) groups is 1. The molecule has 0 atom stereocenters. The summed E-state index contributed by atoms with van der Waals surface area (Å²) in [5.41, 5.74) is 4.61. The van der Waals surface area contributed by atoms with Crippen molar-refractivity contribution in [3.63, 3.8) is 0 Å². The predicted octanol–water partition coefficient (Wildman–Crippen LogP) is 3.92. The molecule has 3 heteroatoms. The molecule has 0 saturated carbocycles. The number of esters is 1. The lowest BCUT2D eigenvalue weighted by Gasteiger charge is -2.04. The van der Waals surface area contributed by atoms with Crippen LogP contribution in [0.1, 0.15) is 43.0 Å². The van der Waals surface area contributed by atoms with E-state index in [1.165, 1.54) is 31.2 Å². The van der Waals surface area contributed by atoms with Gasteiger partial charge in [0.1, 0.15) is 0 Å². The summed E-state index contributed by atoms with van der Waals surface area (Å²) < 4.78 is 4.83. The van der Waals surface area contributed by atoms with Crippen molar-refractivity contribution in [2.45, 2.75) is 46.0 Å². The largest absolute Gasteiger partial charge is 0.469 e. The molecule has 0 amide bonds. The normalized spacial score (nSPS) is 10.9. The third kappa shape index (κ3) is 3.21. The van der Waals surface area contributed by atoms with Crippen LogP contribution in [0.4, 0.5) is 0 Å². The van der Waals surface area contributed by atoms with Gasteiger partial charge in [-0.15, -0.1) is 0 Å². The SMILES string of the molecule is CCCCCc1[nH]c2ccc(C)cc2c1CC(=O)OC. The molecular formula is C17H23NO2. The van der Waals surface area contributed by atoms with Crippen LogP contribution in [0.25, 0.3) is 10.9 Å². The van der Waals surface area contributed by atoms with Gasteiger partial charge in [-0.1, -0.05) is 31.4 Å². The number of aromatic nitrogens is 1. The predicted molar refractivity (Wildman–Crippen MR) is 82.0 cm³/mol. The van der Waals surface area contributed by atoms with Gasteiger partial charge in [0.25, 0.3) is 0 Å². The lowest BCUT2D eigenvalue weighted by molar-refractivity contribution is -0.139. The Kier molecular flexibility index (Phi) is 4.83. The van der Waals surface area contributed by atoms with E-state index < -0.39 is 0 Å². The summed E-state index contributed by atoms with van der Waals surface area (Å²) >= 11 is 0. The van der Waals surface area contributed by atoms with Crippen LogP contribution in [0.5, 0.6) is 0 Å². The molecule has 0 spiro atoms. The zero-order valence-corrected chi connectivity index (χ0v) is 12.6. The summed E-state index contributed by atoms with van der Waals surface area (Å²) in [5, 5.41) is 1.15. The van der Waals surface area contributed by atoms with Crippen LogP contribution < -0.4 is 0 Å². The number of fused-ring (bicyclic) bond motifs is 1. The molecule has 0 aliphatic rings. The molecule has 0 bridgehead atoms. The van der Waals surface area contributed by atoms with E-state index in [4.69, 9.17) is 4.74 Å². The molecule has 1 aromatic carbocycles. The molecule has 0 saturated heterocycles. The topological polar surface area (TPSA) is 42.1 Å². The number of aryl methyl sites for hydroxylation is 2. The molecule has 0 aliphatic carbocycles. The van der Waals surface area contributed by atoms with E-state index in [1.54, 1.807) is 0 Å². The minimum absolute atomic E-state index is 0.177. The summed E-state index contributed by atoms with van der Waals surface area (Å²) in [6.07, 6.45) is 4.91. The number of benzene rings is 1. The van der Waals surface area contributed by atoms with Gasteiger partial charge in [0.2, 0.25) is 0 Å². The van der Waals surface area contributed by atoms with Gasteiger partial charge in [0.05, 0.1) is 13.5 Å². The van der Waals surface area contributed by atoms with Crippen LogP contribution in [-0.4, -0.2) is 18.1 Å². The van der Waals surface area contributed by atoms with Gasteiger partial charge in [-0.2, -0.15) is 0 Å². The van der Waals surface area contributed by atoms with E-state index in [2.05, 4.69) is 37.0 Å². The highest BCUT2D eigenvalue weighted by molar-refractivity contribution is 5.89. The number of hydrogen-bond donors (Lipinski definition) is 1. The van der Waals surface area contributed by atoms with Crippen LogP contribution in [0, 0.1) is 6.92 Å². The molecule has 3 nitrogen and oxygen atoms in total. The summed E-state index contributed by atoms with van der Waals surface area (Å²) in [7, 11) is 1.44. The molecule has 108 valence electrons. The molecule has 0 aliphatic heterocycles. The molecule has 1 heterocycles. The lowest BCUT2D eigenvalue weighted by Crippen LogP contribution is -2.06. The minimum Gasteiger partial charge on any atom is -0.469 e. The average Bonchev–Trinajstić information content (AvgIpc) is 2.77. The second-order valence-electron chi connectivity index (χ2n) is 5.34. The number of methoxy groups -OCH3 is 1. The zero-order valence-electron chi connectivity index (χ0n) is 12.6. The van der Waals surface area contributed by atoms with Crippen molar-refractivity contribution < 1.29 is 9.53 Å². The number of unbranched alkanes of at least 4 members (excludes halogenated alkanes) is 2. The quantitative estimate of drug-likeness (QED) is 0.640. The monoisotopic (exact) mass is 273 g/mol. The van der Waals surface area contributed by atoms with Crippen LogP contribution >= 0.6 is 0 Å².